The Morgan fingerprint density at radius 2 is 2.08 bits per heavy atom. The highest BCUT2D eigenvalue weighted by Gasteiger charge is 2.41. The quantitative estimate of drug-likeness (QED) is 0.495. The molecule has 3 aliphatic heterocycles. The third kappa shape index (κ3) is 3.82. The molecule has 0 aromatic heterocycles. The van der Waals surface area contributed by atoms with E-state index in [4.69, 9.17) is 6.92 Å². The van der Waals surface area contributed by atoms with Gasteiger partial charge >= 0.3 is 0 Å². The summed E-state index contributed by atoms with van der Waals surface area (Å²) in [5, 5.41) is 14.0. The maximum absolute atomic E-state index is 12.3. The molecule has 7 nitrogen and oxygen atoms in total. The molecule has 26 heavy (non-hydrogen) atoms. The van der Waals surface area contributed by atoms with Crippen LogP contribution in [0, 0.1) is 17.0 Å². The van der Waals surface area contributed by atoms with Gasteiger partial charge in [0.1, 0.15) is 0 Å². The van der Waals surface area contributed by atoms with E-state index in [0.717, 1.165) is 49.2 Å². The fraction of sp³-hybridized carbons (Fsp3) is 0.579. The van der Waals surface area contributed by atoms with Gasteiger partial charge < -0.3 is 14.7 Å². The van der Waals surface area contributed by atoms with Crippen molar-refractivity contribution in [2.45, 2.75) is 38.8 Å². The number of fused-ring (bicyclic) bond motifs is 4. The summed E-state index contributed by atoms with van der Waals surface area (Å²) < 4.78 is 0.827. The lowest BCUT2D eigenvalue weighted by atomic mass is 10.0. The molecule has 2 radical (unpaired) electrons. The van der Waals surface area contributed by atoms with Crippen molar-refractivity contribution >= 4 is 17.3 Å². The van der Waals surface area contributed by atoms with Crippen LogP contribution < -0.4 is 10.2 Å². The monoisotopic (exact) mass is 359 g/mol. The number of benzene rings is 1. The fourth-order valence-corrected chi connectivity index (χ4v) is 4.28. The lowest BCUT2D eigenvalue weighted by Gasteiger charge is -2.40. The summed E-state index contributed by atoms with van der Waals surface area (Å²) in [6.45, 7) is 14.1. The Balaban J connectivity index is 1.75. The van der Waals surface area contributed by atoms with Gasteiger partial charge in [-0.1, -0.05) is 0 Å². The Hall–Kier alpha value is -2.15. The van der Waals surface area contributed by atoms with Crippen LogP contribution in [0.2, 0.25) is 0 Å². The minimum atomic E-state index is -0.452. The van der Waals surface area contributed by atoms with Gasteiger partial charge in [0.05, 0.1) is 31.1 Å². The van der Waals surface area contributed by atoms with Crippen LogP contribution in [0.5, 0.6) is 0 Å². The fourth-order valence-electron chi connectivity index (χ4n) is 4.28. The highest BCUT2D eigenvalue weighted by atomic mass is 16.6. The van der Waals surface area contributed by atoms with E-state index >= 15 is 0 Å². The van der Waals surface area contributed by atoms with E-state index in [2.05, 4.69) is 10.2 Å². The van der Waals surface area contributed by atoms with E-state index in [0.29, 0.717) is 12.6 Å². The average Bonchev–Trinajstić information content (AvgIpc) is 2.83. The minimum absolute atomic E-state index is 0.0505. The number of nitro groups is 1. The number of nitro benzene ring substituents is 1. The van der Waals surface area contributed by atoms with Crippen molar-refractivity contribution in [2.75, 3.05) is 37.6 Å². The molecule has 3 heterocycles. The summed E-state index contributed by atoms with van der Waals surface area (Å²) in [6, 6.07) is 5.55. The first kappa shape index (κ1) is 18.6. The van der Waals surface area contributed by atoms with E-state index in [9.17, 15) is 14.9 Å². The van der Waals surface area contributed by atoms with Crippen LogP contribution in [-0.2, 0) is 4.79 Å². The first-order valence-electron chi connectivity index (χ1n) is 9.25. The van der Waals surface area contributed by atoms with E-state index in [1.54, 1.807) is 12.1 Å². The Morgan fingerprint density at radius 3 is 2.65 bits per heavy atom. The molecular formula is C19H27N4O3+. The normalized spacial score (nSPS) is 25.2. The Labute approximate surface area is 154 Å². The average molecular weight is 359 g/mol. The van der Waals surface area contributed by atoms with Crippen molar-refractivity contribution in [3.8, 4) is 0 Å². The largest absolute Gasteiger partial charge is 0.362 e. The first-order chi connectivity index (χ1) is 12.3. The Morgan fingerprint density at radius 1 is 1.38 bits per heavy atom. The molecule has 0 saturated carbocycles. The third-order valence-corrected chi connectivity index (χ3v) is 5.60. The summed E-state index contributed by atoms with van der Waals surface area (Å²) in [4.78, 5) is 25.1. The zero-order valence-corrected chi connectivity index (χ0v) is 15.5. The second-order valence-corrected chi connectivity index (χ2v) is 7.82. The number of amides is 1. The number of piperidine rings is 1. The Kier molecular flexibility index (Phi) is 5.18. The lowest BCUT2D eigenvalue weighted by molar-refractivity contribution is -0.921. The number of hydrogen-bond acceptors (Lipinski definition) is 4. The van der Waals surface area contributed by atoms with Gasteiger partial charge in [0.25, 0.3) is 11.6 Å². The Bertz CT molecular complexity index is 696. The number of nitrogens with zero attached hydrogens (tertiary/aromatic N) is 3. The number of nitrogens with one attached hydrogen (secondary N) is 1. The molecular weight excluding hydrogens is 332 g/mol. The zero-order valence-electron chi connectivity index (χ0n) is 15.5. The predicted octanol–water partition coefficient (Wildman–Crippen LogP) is 1.98. The highest BCUT2D eigenvalue weighted by molar-refractivity contribution is 5.77. The van der Waals surface area contributed by atoms with E-state index in [1.165, 1.54) is 6.07 Å². The second kappa shape index (κ2) is 7.23. The van der Waals surface area contributed by atoms with Gasteiger partial charge in [0.15, 0.2) is 6.54 Å². The molecule has 2 bridgehead atoms. The second-order valence-electron chi connectivity index (χ2n) is 7.82. The van der Waals surface area contributed by atoms with Crippen LogP contribution in [0.3, 0.4) is 0 Å². The minimum Gasteiger partial charge on any atom is -0.362 e. The van der Waals surface area contributed by atoms with Gasteiger partial charge in [-0.3, -0.25) is 14.9 Å². The number of anilines is 1. The smallest absolute Gasteiger partial charge is 0.275 e. The molecule has 0 unspecified atom stereocenters. The molecule has 0 aliphatic carbocycles. The lowest BCUT2D eigenvalue weighted by Crippen LogP contribution is -2.57. The number of carbonyl (C=O) groups excluding carboxylic acids is 1. The molecule has 0 spiro atoms. The highest BCUT2D eigenvalue weighted by Crippen LogP contribution is 2.33. The molecule has 3 fully saturated rings. The summed E-state index contributed by atoms with van der Waals surface area (Å²) in [6.07, 6.45) is 2.04. The third-order valence-electron chi connectivity index (χ3n) is 5.60. The number of carbonyl (C=O) groups is 1. The molecule has 7 heteroatoms. The SMILES string of the molecule is [CH]c1cc(N2CC[N+]3(CC(=O)NC(C)C)CCC2CC3)ccc1[N+](=O)[O-]. The molecule has 1 N–H and O–H groups in total. The van der Waals surface area contributed by atoms with Crippen LogP contribution in [0.25, 0.3) is 0 Å². The van der Waals surface area contributed by atoms with Gasteiger partial charge in [-0.05, 0) is 26.0 Å². The van der Waals surface area contributed by atoms with Gasteiger partial charge in [0, 0.05) is 49.2 Å². The maximum atomic E-state index is 12.3. The topological polar surface area (TPSA) is 75.5 Å². The summed E-state index contributed by atoms with van der Waals surface area (Å²) in [5.41, 5.74) is 1.09. The van der Waals surface area contributed by atoms with Crippen molar-refractivity contribution in [1.82, 2.24) is 5.32 Å². The maximum Gasteiger partial charge on any atom is 0.275 e. The van der Waals surface area contributed by atoms with E-state index in [-0.39, 0.29) is 23.2 Å². The predicted molar refractivity (Wildman–Crippen MR) is 99.9 cm³/mol. The number of hydrogen-bond donors (Lipinski definition) is 1. The molecule has 3 saturated heterocycles. The number of quaternary nitrogens is 1. The van der Waals surface area contributed by atoms with Crippen LogP contribution in [-0.4, -0.2) is 60.1 Å². The molecule has 4 rings (SSSR count). The van der Waals surface area contributed by atoms with Crippen molar-refractivity contribution in [3.63, 3.8) is 0 Å². The van der Waals surface area contributed by atoms with Crippen molar-refractivity contribution < 1.29 is 14.2 Å². The zero-order chi connectivity index (χ0) is 18.9. The standard InChI is InChI=1S/C19H26N4O3/c1-14(2)20-19(24)13-23-9-6-16(7-10-23)21(8-11-23)17-4-5-18(22(25)26)15(3)12-17/h3-5,12,14,16H,6-11,13H2,1-2H3/p+1. The van der Waals surface area contributed by atoms with Gasteiger partial charge in [-0.2, -0.15) is 0 Å². The first-order valence-corrected chi connectivity index (χ1v) is 9.25. The van der Waals surface area contributed by atoms with Crippen LogP contribution >= 0.6 is 0 Å². The van der Waals surface area contributed by atoms with Gasteiger partial charge in [-0.15, -0.1) is 0 Å². The van der Waals surface area contributed by atoms with Gasteiger partial charge in [-0.25, -0.2) is 0 Å². The van der Waals surface area contributed by atoms with Crippen LogP contribution in [0.15, 0.2) is 18.2 Å². The van der Waals surface area contributed by atoms with E-state index in [1.807, 2.05) is 13.8 Å². The van der Waals surface area contributed by atoms with Gasteiger partial charge in [0.2, 0.25) is 0 Å². The molecule has 1 amide bonds. The summed E-state index contributed by atoms with van der Waals surface area (Å²) >= 11 is 0. The van der Waals surface area contributed by atoms with E-state index < -0.39 is 4.92 Å². The van der Waals surface area contributed by atoms with Crippen LogP contribution in [0.1, 0.15) is 32.3 Å². The van der Waals surface area contributed by atoms with Crippen molar-refractivity contribution in [2.24, 2.45) is 0 Å². The summed E-state index contributed by atoms with van der Waals surface area (Å²) in [7, 11) is 0. The summed E-state index contributed by atoms with van der Waals surface area (Å²) in [5.74, 6) is 0.117. The van der Waals surface area contributed by atoms with Crippen LogP contribution in [0.4, 0.5) is 11.4 Å². The molecule has 0 atom stereocenters. The number of rotatable bonds is 5. The molecule has 140 valence electrons. The molecule has 1 aromatic carbocycles. The van der Waals surface area contributed by atoms with Crippen molar-refractivity contribution in [3.05, 3.63) is 40.8 Å². The molecule has 1 aromatic rings. The van der Waals surface area contributed by atoms with Crippen molar-refractivity contribution in [1.29, 1.82) is 0 Å². The molecule has 3 aliphatic rings.